The molecule has 3 saturated heterocycles. The highest BCUT2D eigenvalue weighted by atomic mass is 16.7. The van der Waals surface area contributed by atoms with Gasteiger partial charge in [0.25, 0.3) is 0 Å². The van der Waals surface area contributed by atoms with Gasteiger partial charge in [-0.2, -0.15) is 0 Å². The van der Waals surface area contributed by atoms with Crippen molar-refractivity contribution in [2.45, 2.75) is 153 Å². The molecular formula is C49H71N5O10. The van der Waals surface area contributed by atoms with Crippen LogP contribution in [-0.2, 0) is 47.5 Å². The van der Waals surface area contributed by atoms with E-state index >= 15 is 4.79 Å². The van der Waals surface area contributed by atoms with E-state index < -0.39 is 36.6 Å². The van der Waals surface area contributed by atoms with Crippen LogP contribution in [0.2, 0.25) is 0 Å². The van der Waals surface area contributed by atoms with E-state index in [4.69, 9.17) is 48.8 Å². The number of benzene rings is 1. The van der Waals surface area contributed by atoms with Crippen LogP contribution >= 0.6 is 0 Å². The molecule has 352 valence electrons. The summed E-state index contributed by atoms with van der Waals surface area (Å²) >= 11 is 0. The van der Waals surface area contributed by atoms with Crippen LogP contribution in [0.4, 0.5) is 5.69 Å². The summed E-state index contributed by atoms with van der Waals surface area (Å²) in [5.74, 6) is -1.30. The van der Waals surface area contributed by atoms with Crippen LogP contribution in [0.25, 0.3) is 17.0 Å². The van der Waals surface area contributed by atoms with Crippen LogP contribution in [0.15, 0.2) is 48.2 Å². The van der Waals surface area contributed by atoms with Crippen molar-refractivity contribution in [3.8, 4) is 11.3 Å². The van der Waals surface area contributed by atoms with Crippen molar-refractivity contribution in [1.82, 2.24) is 19.9 Å². The highest BCUT2D eigenvalue weighted by Crippen LogP contribution is 2.57. The topological polar surface area (TPSA) is 168 Å². The van der Waals surface area contributed by atoms with Gasteiger partial charge in [0.2, 0.25) is 0 Å². The predicted octanol–water partition coefficient (Wildman–Crippen LogP) is 6.31. The van der Waals surface area contributed by atoms with E-state index in [1.807, 2.05) is 49.0 Å². The molecule has 64 heavy (non-hydrogen) atoms. The first kappa shape index (κ1) is 47.0. The number of likely N-dealkylation sites (N-methyl/N-ethyl adjacent to an activating group) is 1. The van der Waals surface area contributed by atoms with Crippen LogP contribution in [0, 0.1) is 35.5 Å². The Morgan fingerprint density at radius 2 is 1.66 bits per heavy atom. The number of carbonyl (C=O) groups is 2. The van der Waals surface area contributed by atoms with Crippen LogP contribution < -0.4 is 5.73 Å². The molecule has 2 aromatic rings. The van der Waals surface area contributed by atoms with Crippen molar-refractivity contribution in [2.75, 3.05) is 41.2 Å². The first-order chi connectivity index (χ1) is 30.8. The van der Waals surface area contributed by atoms with Gasteiger partial charge in [0.05, 0.1) is 37.0 Å². The number of methoxy groups -OCH3 is 3. The quantitative estimate of drug-likeness (QED) is 0.197. The Morgan fingerprint density at radius 3 is 2.36 bits per heavy atom. The van der Waals surface area contributed by atoms with Crippen molar-refractivity contribution >= 4 is 23.1 Å². The summed E-state index contributed by atoms with van der Waals surface area (Å²) in [6.07, 6.45) is 8.92. The Bertz CT molecular complexity index is 2010. The van der Waals surface area contributed by atoms with Gasteiger partial charge in [-0.1, -0.05) is 43.3 Å². The van der Waals surface area contributed by atoms with E-state index in [1.54, 1.807) is 21.3 Å². The van der Waals surface area contributed by atoms with Gasteiger partial charge < -0.3 is 48.5 Å². The molecule has 15 heteroatoms. The molecule has 3 unspecified atom stereocenters. The van der Waals surface area contributed by atoms with Crippen molar-refractivity contribution < 1.29 is 47.5 Å². The zero-order valence-electron chi connectivity index (χ0n) is 39.2. The third kappa shape index (κ3) is 9.51. The molecule has 8 rings (SSSR count). The minimum atomic E-state index is -0.700. The van der Waals surface area contributed by atoms with Gasteiger partial charge in [0.1, 0.15) is 30.1 Å². The number of nitrogens with zero attached hydrogens (tertiary/aromatic N) is 4. The minimum absolute atomic E-state index is 0.00267. The lowest BCUT2D eigenvalue weighted by molar-refractivity contribution is -0.314. The molecule has 3 aliphatic heterocycles. The number of nitrogen functional groups attached to an aromatic ring is 1. The summed E-state index contributed by atoms with van der Waals surface area (Å²) in [7, 11) is 9.10. The third-order valence-corrected chi connectivity index (χ3v) is 15.3. The molecule has 4 heterocycles. The van der Waals surface area contributed by atoms with Gasteiger partial charge in [-0.25, -0.2) is 4.68 Å². The van der Waals surface area contributed by atoms with E-state index in [1.165, 1.54) is 0 Å². The Hall–Kier alpha value is -3.54. The number of allylic oxidation sites excluding steroid dienone is 4. The standard InChI is InChI=1S/C49H71N5O10/c1-10-31-15-12-16-42(64-44-18-17-40(53(5)6)27(3)60-44)26(2)45(56)38-22-34-33-20-32(63-49-48(59-9)47(58-8)46(57-7)28(4)61-49)21-37(33)41(23-35(34)36(38)24-43(55)62-31)54-25-39(51-52-54)29-13-11-14-30(50)19-29/h11,13-14,19,22-23,25-28,31-37,40,42,44,46-49H,10,12,15-18,20-21,24,50H2,1-9H3/t26-,27?,28?,31+,32+,33+,34+,35-,36+,37-,40+,42+,44+,46+,47?,48+,49+/m1/s1. The smallest absolute Gasteiger partial charge is 0.306 e. The number of nitrogens with two attached hydrogens (primary N) is 1. The number of aromatic nitrogens is 3. The fourth-order valence-electron chi connectivity index (χ4n) is 12.0. The number of carbonyl (C=O) groups excluding carboxylic acids is 2. The molecular weight excluding hydrogens is 819 g/mol. The highest BCUT2D eigenvalue weighted by molar-refractivity contribution is 5.99. The van der Waals surface area contributed by atoms with E-state index in [-0.39, 0.29) is 78.5 Å². The van der Waals surface area contributed by atoms with Crippen molar-refractivity contribution in [3.63, 3.8) is 0 Å². The largest absolute Gasteiger partial charge is 0.462 e. The zero-order chi connectivity index (χ0) is 45.4. The van der Waals surface area contributed by atoms with Crippen molar-refractivity contribution in [1.29, 1.82) is 0 Å². The number of Topliss-reactive ketones (excluding diaryl/α,β-unsaturated/α-hetero) is 1. The lowest BCUT2D eigenvalue weighted by Crippen LogP contribution is -2.59. The number of fused-ring (bicyclic) bond motifs is 5. The number of ether oxygens (including phenoxy) is 8. The lowest BCUT2D eigenvalue weighted by Gasteiger charge is -2.44. The molecule has 3 aliphatic carbocycles. The van der Waals surface area contributed by atoms with Crippen LogP contribution in [0.1, 0.15) is 85.5 Å². The van der Waals surface area contributed by atoms with Gasteiger partial charge in [-0.15, -0.1) is 5.10 Å². The number of ketones is 1. The zero-order valence-corrected chi connectivity index (χ0v) is 39.2. The van der Waals surface area contributed by atoms with Gasteiger partial charge in [-0.05, 0) is 115 Å². The molecule has 0 spiro atoms. The Labute approximate surface area is 378 Å². The second-order valence-corrected chi connectivity index (χ2v) is 19.3. The summed E-state index contributed by atoms with van der Waals surface area (Å²) in [5, 5.41) is 9.31. The molecule has 15 nitrogen and oxygen atoms in total. The fraction of sp³-hybridized carbons (Fsp3) is 0.714. The van der Waals surface area contributed by atoms with Crippen LogP contribution in [-0.4, -0.2) is 135 Å². The van der Waals surface area contributed by atoms with Crippen LogP contribution in [0.3, 0.4) is 0 Å². The van der Waals surface area contributed by atoms with Crippen molar-refractivity contribution in [3.05, 3.63) is 48.2 Å². The number of anilines is 1. The maximum Gasteiger partial charge on any atom is 0.306 e. The molecule has 0 amide bonds. The van der Waals surface area contributed by atoms with E-state index in [9.17, 15) is 4.79 Å². The van der Waals surface area contributed by atoms with Gasteiger partial charge in [0.15, 0.2) is 18.4 Å². The summed E-state index contributed by atoms with van der Waals surface area (Å²) in [5.41, 5.74) is 10.0. The molecule has 1 aromatic heterocycles. The van der Waals surface area contributed by atoms with E-state index in [2.05, 4.69) is 50.1 Å². The summed E-state index contributed by atoms with van der Waals surface area (Å²) in [6.45, 7) is 8.12. The molecule has 0 bridgehead atoms. The average molecular weight is 890 g/mol. The maximum absolute atomic E-state index is 15.2. The second-order valence-electron chi connectivity index (χ2n) is 19.3. The van der Waals surface area contributed by atoms with Gasteiger partial charge in [-0.3, -0.25) is 9.59 Å². The number of hydrogen-bond donors (Lipinski definition) is 1. The van der Waals surface area contributed by atoms with E-state index in [0.717, 1.165) is 30.5 Å². The summed E-state index contributed by atoms with van der Waals surface area (Å²) in [4.78, 5) is 31.4. The predicted molar refractivity (Wildman–Crippen MR) is 239 cm³/mol. The van der Waals surface area contributed by atoms with Crippen LogP contribution in [0.5, 0.6) is 0 Å². The lowest BCUT2D eigenvalue weighted by atomic mass is 9.69. The molecule has 1 aromatic carbocycles. The second kappa shape index (κ2) is 20.1. The number of rotatable bonds is 11. The monoisotopic (exact) mass is 890 g/mol. The number of cyclic esters (lactones) is 1. The molecule has 2 N–H and O–H groups in total. The van der Waals surface area contributed by atoms with Gasteiger partial charge >= 0.3 is 5.97 Å². The maximum atomic E-state index is 15.2. The average Bonchev–Trinajstić information content (AvgIpc) is 4.02. The van der Waals surface area contributed by atoms with Gasteiger partial charge in [0, 0.05) is 62.1 Å². The first-order valence-corrected chi connectivity index (χ1v) is 23.6. The normalized spacial score (nSPS) is 39.5. The molecule has 4 fully saturated rings. The SMILES string of the molecule is CC[C@H]1CCC[C@H](O[C@H]2CC[C@H](N(C)C)C(C)O2)[C@@H](C)C(=O)C2=C[C@@H]3[C@@H](C=C(n4cc(-c5cccc(N)c5)nn4)[C@@H]4C[C@@H](O[C@@H]5OC(C)[C@H](OC)C(OC)[C@@H]5OC)C[C@@H]34)[C@@H]2CC(=O)O1. The number of hydrogen-bond acceptors (Lipinski definition) is 14. The Morgan fingerprint density at radius 1 is 0.875 bits per heavy atom. The summed E-state index contributed by atoms with van der Waals surface area (Å²) in [6, 6.07) is 7.91. The third-order valence-electron chi connectivity index (χ3n) is 15.3. The minimum Gasteiger partial charge on any atom is -0.462 e. The Kier molecular flexibility index (Phi) is 14.8. The molecule has 17 atom stereocenters. The Balaban J connectivity index is 1.13. The van der Waals surface area contributed by atoms with Crippen molar-refractivity contribution in [2.24, 2.45) is 35.5 Å². The molecule has 0 radical (unpaired) electrons. The number of esters is 1. The first-order valence-electron chi connectivity index (χ1n) is 23.6. The van der Waals surface area contributed by atoms with E-state index in [0.29, 0.717) is 55.1 Å². The molecule has 6 aliphatic rings. The fourth-order valence-corrected chi connectivity index (χ4v) is 12.0. The summed E-state index contributed by atoms with van der Waals surface area (Å²) < 4.78 is 52.4. The molecule has 1 saturated carbocycles. The highest BCUT2D eigenvalue weighted by Gasteiger charge is 2.55.